The second-order valence-electron chi connectivity index (χ2n) is 10.8. The molecule has 4 N–H and O–H groups in total. The number of carbonyl (C=O) groups is 1. The molecule has 1 fully saturated rings. The lowest BCUT2D eigenvalue weighted by molar-refractivity contribution is -0.192. The van der Waals surface area contributed by atoms with Crippen molar-refractivity contribution in [2.24, 2.45) is 5.92 Å². The Labute approximate surface area is 247 Å². The van der Waals surface area contributed by atoms with E-state index in [0.29, 0.717) is 18.5 Å². The number of benzene rings is 3. The van der Waals surface area contributed by atoms with Crippen molar-refractivity contribution in [3.8, 4) is 0 Å². The van der Waals surface area contributed by atoms with E-state index >= 15 is 0 Å². The number of para-hydroxylation sites is 1. The van der Waals surface area contributed by atoms with E-state index in [-0.39, 0.29) is 19.1 Å². The number of carbonyl (C=O) groups excluding carboxylic acids is 1. The Kier molecular flexibility index (Phi) is 9.31. The van der Waals surface area contributed by atoms with E-state index in [0.717, 1.165) is 39.7 Å². The Hall–Kier alpha value is -3.96. The summed E-state index contributed by atoms with van der Waals surface area (Å²) in [4.78, 5) is 22.7. The number of rotatable bonds is 10. The highest BCUT2D eigenvalue weighted by atomic mass is 19.4. The zero-order chi connectivity index (χ0) is 30.6. The molecule has 2 heterocycles. The van der Waals surface area contributed by atoms with Crippen molar-refractivity contribution >= 4 is 29.0 Å². The standard InChI is InChI=1S/C33H34F3N3O4/c1-21(41)31-28(20-40)30(32(42)37-17-16-25-18-38-29-5-3-2-4-27(25)29)39(43-31)19-24-10-8-22(9-11-24)6-7-23-12-14-26(15-13-23)33(34,35)36/h2-15,18,21,28,30-31,38,40-41H,16-17,19-20H2,1H3,(H,37,42)/t21-,28-,30-,31-/m0/s1. The first-order chi connectivity index (χ1) is 20.6. The number of nitrogens with one attached hydrogen (secondary N) is 2. The highest BCUT2D eigenvalue weighted by Crippen LogP contribution is 2.32. The average Bonchev–Trinajstić information content (AvgIpc) is 3.58. The highest BCUT2D eigenvalue weighted by Gasteiger charge is 2.48. The number of hydrogen-bond acceptors (Lipinski definition) is 5. The van der Waals surface area contributed by atoms with Crippen LogP contribution in [0.1, 0.15) is 34.7 Å². The maximum atomic E-state index is 13.4. The zero-order valence-corrected chi connectivity index (χ0v) is 23.6. The van der Waals surface area contributed by atoms with Gasteiger partial charge in [-0.25, -0.2) is 0 Å². The topological polar surface area (TPSA) is 97.8 Å². The van der Waals surface area contributed by atoms with Gasteiger partial charge in [0.05, 0.1) is 24.8 Å². The third-order valence-corrected chi connectivity index (χ3v) is 7.74. The monoisotopic (exact) mass is 593 g/mol. The lowest BCUT2D eigenvalue weighted by Gasteiger charge is -2.24. The molecule has 4 aromatic rings. The van der Waals surface area contributed by atoms with E-state index in [1.807, 2.05) is 54.7 Å². The summed E-state index contributed by atoms with van der Waals surface area (Å²) in [5.41, 5.74) is 3.74. The van der Waals surface area contributed by atoms with Crippen molar-refractivity contribution < 1.29 is 33.0 Å². The molecule has 226 valence electrons. The number of halogens is 3. The van der Waals surface area contributed by atoms with E-state index in [1.165, 1.54) is 17.2 Å². The van der Waals surface area contributed by atoms with Gasteiger partial charge in [-0.05, 0) is 53.8 Å². The fraction of sp³-hybridized carbons (Fsp3) is 0.303. The first-order valence-corrected chi connectivity index (χ1v) is 14.1. The molecule has 10 heteroatoms. The molecule has 1 saturated heterocycles. The van der Waals surface area contributed by atoms with Crippen LogP contribution < -0.4 is 5.32 Å². The Balaban J connectivity index is 1.24. The number of amides is 1. The Morgan fingerprint density at radius 1 is 1.05 bits per heavy atom. The normalized spacial score (nSPS) is 20.2. The van der Waals surface area contributed by atoms with Gasteiger partial charge in [-0.3, -0.25) is 9.63 Å². The molecule has 1 aliphatic heterocycles. The SMILES string of the molecule is C[C@H](O)[C@@H]1ON(Cc2ccc(C=Cc3ccc(C(F)(F)F)cc3)cc2)[C@H](C(=O)NCCc2c[nH]c3ccccc23)[C@@H]1CO. The molecule has 0 saturated carbocycles. The van der Waals surface area contributed by atoms with E-state index in [2.05, 4.69) is 10.3 Å². The fourth-order valence-electron chi connectivity index (χ4n) is 5.46. The van der Waals surface area contributed by atoms with Gasteiger partial charge in [-0.1, -0.05) is 66.7 Å². The first kappa shape index (κ1) is 30.5. The number of hydrogen-bond donors (Lipinski definition) is 4. The zero-order valence-electron chi connectivity index (χ0n) is 23.6. The Morgan fingerprint density at radius 3 is 2.33 bits per heavy atom. The van der Waals surface area contributed by atoms with Gasteiger partial charge in [0.1, 0.15) is 12.1 Å². The highest BCUT2D eigenvalue weighted by molar-refractivity contribution is 5.84. The van der Waals surface area contributed by atoms with Crippen LogP contribution in [0, 0.1) is 5.92 Å². The van der Waals surface area contributed by atoms with Gasteiger partial charge in [0, 0.05) is 29.6 Å². The van der Waals surface area contributed by atoms with E-state index in [4.69, 9.17) is 4.84 Å². The van der Waals surface area contributed by atoms with Gasteiger partial charge in [0.2, 0.25) is 5.91 Å². The van der Waals surface area contributed by atoms with Crippen LogP contribution >= 0.6 is 0 Å². The number of aliphatic hydroxyl groups excluding tert-OH is 2. The van der Waals surface area contributed by atoms with Crippen LogP contribution in [0.3, 0.4) is 0 Å². The number of aromatic amines is 1. The van der Waals surface area contributed by atoms with Crippen LogP contribution in [-0.2, 0) is 28.8 Å². The van der Waals surface area contributed by atoms with Crippen LogP contribution in [0.5, 0.6) is 0 Å². The Morgan fingerprint density at radius 2 is 1.70 bits per heavy atom. The van der Waals surface area contributed by atoms with E-state index < -0.39 is 35.9 Å². The van der Waals surface area contributed by atoms with Crippen molar-refractivity contribution in [1.82, 2.24) is 15.4 Å². The van der Waals surface area contributed by atoms with Gasteiger partial charge in [0.25, 0.3) is 0 Å². The van der Waals surface area contributed by atoms with Crippen molar-refractivity contribution in [3.63, 3.8) is 0 Å². The van der Waals surface area contributed by atoms with Crippen LogP contribution in [0.25, 0.3) is 23.1 Å². The number of H-pyrrole nitrogens is 1. The van der Waals surface area contributed by atoms with Gasteiger partial charge >= 0.3 is 6.18 Å². The van der Waals surface area contributed by atoms with Gasteiger partial charge in [0.15, 0.2) is 0 Å². The number of aromatic nitrogens is 1. The number of nitrogens with zero attached hydrogens (tertiary/aromatic N) is 1. The van der Waals surface area contributed by atoms with Crippen molar-refractivity contribution in [2.45, 2.75) is 44.3 Å². The van der Waals surface area contributed by atoms with Gasteiger partial charge in [-0.2, -0.15) is 18.2 Å². The van der Waals surface area contributed by atoms with Crippen LogP contribution in [0.2, 0.25) is 0 Å². The quantitative estimate of drug-likeness (QED) is 0.190. The third kappa shape index (κ3) is 7.17. The second-order valence-corrected chi connectivity index (χ2v) is 10.8. The summed E-state index contributed by atoms with van der Waals surface area (Å²) in [5, 5.41) is 26.1. The molecule has 5 rings (SSSR count). The molecule has 1 aromatic heterocycles. The predicted molar refractivity (Wildman–Crippen MR) is 158 cm³/mol. The van der Waals surface area contributed by atoms with Crippen LogP contribution in [0.15, 0.2) is 79.0 Å². The van der Waals surface area contributed by atoms with Crippen LogP contribution in [0.4, 0.5) is 13.2 Å². The summed E-state index contributed by atoms with van der Waals surface area (Å²) in [6, 6.07) is 19.5. The minimum atomic E-state index is -4.37. The minimum Gasteiger partial charge on any atom is -0.396 e. The smallest absolute Gasteiger partial charge is 0.396 e. The largest absolute Gasteiger partial charge is 0.416 e. The van der Waals surface area contributed by atoms with E-state index in [9.17, 15) is 28.2 Å². The Bertz CT molecular complexity index is 1550. The summed E-state index contributed by atoms with van der Waals surface area (Å²) in [6.45, 7) is 1.87. The molecule has 7 nitrogen and oxygen atoms in total. The van der Waals surface area contributed by atoms with E-state index in [1.54, 1.807) is 19.1 Å². The summed E-state index contributed by atoms with van der Waals surface area (Å²) in [7, 11) is 0. The number of hydroxylamine groups is 2. The molecule has 4 atom stereocenters. The molecular weight excluding hydrogens is 559 g/mol. The molecule has 1 amide bonds. The lowest BCUT2D eigenvalue weighted by atomic mass is 9.92. The summed E-state index contributed by atoms with van der Waals surface area (Å²) in [5.74, 6) is -0.919. The maximum Gasteiger partial charge on any atom is 0.416 e. The van der Waals surface area contributed by atoms with Crippen molar-refractivity contribution in [1.29, 1.82) is 0 Å². The molecular formula is C33H34F3N3O4. The molecule has 0 radical (unpaired) electrons. The van der Waals surface area contributed by atoms with Crippen LogP contribution in [-0.4, -0.2) is 57.6 Å². The molecule has 0 unspecified atom stereocenters. The average molecular weight is 594 g/mol. The fourth-order valence-corrected chi connectivity index (χ4v) is 5.46. The van der Waals surface area contributed by atoms with Gasteiger partial charge in [-0.15, -0.1) is 0 Å². The maximum absolute atomic E-state index is 13.4. The van der Waals surface area contributed by atoms with Crippen molar-refractivity contribution in [3.05, 3.63) is 107 Å². The molecule has 3 aromatic carbocycles. The lowest BCUT2D eigenvalue weighted by Crippen LogP contribution is -2.48. The minimum absolute atomic E-state index is 0.239. The molecule has 0 aliphatic carbocycles. The first-order valence-electron chi connectivity index (χ1n) is 14.1. The summed E-state index contributed by atoms with van der Waals surface area (Å²) >= 11 is 0. The number of aliphatic hydroxyl groups is 2. The molecule has 0 bridgehead atoms. The molecule has 1 aliphatic rings. The summed E-state index contributed by atoms with van der Waals surface area (Å²) in [6.07, 6.45) is 0.0593. The molecule has 43 heavy (non-hydrogen) atoms. The van der Waals surface area contributed by atoms with Crippen molar-refractivity contribution in [2.75, 3.05) is 13.2 Å². The predicted octanol–water partition coefficient (Wildman–Crippen LogP) is 5.19. The molecule has 0 spiro atoms. The van der Waals surface area contributed by atoms with Gasteiger partial charge < -0.3 is 20.5 Å². The summed E-state index contributed by atoms with van der Waals surface area (Å²) < 4.78 is 38.4. The number of alkyl halides is 3. The number of fused-ring (bicyclic) bond motifs is 1. The second kappa shape index (κ2) is 13.1. The third-order valence-electron chi connectivity index (χ3n) is 7.74.